The first-order chi connectivity index (χ1) is 12.0. The maximum atomic E-state index is 2.39. The Labute approximate surface area is 151 Å². The van der Waals surface area contributed by atoms with Gasteiger partial charge < -0.3 is 0 Å². The summed E-state index contributed by atoms with van der Waals surface area (Å²) in [6.45, 7) is 9.05. The molecule has 0 aliphatic heterocycles. The monoisotopic (exact) mass is 328 g/mol. The highest BCUT2D eigenvalue weighted by Crippen LogP contribution is 2.41. The number of nitrogens with zero attached hydrogens (tertiary/aromatic N) is 1. The Kier molecular flexibility index (Phi) is 3.76. The molecule has 2 aromatic carbocycles. The van der Waals surface area contributed by atoms with Gasteiger partial charge in [0.1, 0.15) is 7.05 Å². The minimum atomic E-state index is 0.541. The molecule has 1 aromatic heterocycles. The van der Waals surface area contributed by atoms with E-state index in [2.05, 4.69) is 88.0 Å². The van der Waals surface area contributed by atoms with Gasteiger partial charge in [-0.3, -0.25) is 0 Å². The Morgan fingerprint density at radius 2 is 1.64 bits per heavy atom. The molecule has 0 spiro atoms. The number of hydrogen-bond acceptors (Lipinski definition) is 0. The lowest BCUT2D eigenvalue weighted by molar-refractivity contribution is -0.660. The molecular formula is C24H26N+. The zero-order valence-electron chi connectivity index (χ0n) is 15.9. The summed E-state index contributed by atoms with van der Waals surface area (Å²) < 4.78 is 2.28. The van der Waals surface area contributed by atoms with E-state index in [-0.39, 0.29) is 0 Å². The maximum Gasteiger partial charge on any atom is 0.212 e. The maximum absolute atomic E-state index is 2.39. The van der Waals surface area contributed by atoms with Crippen LogP contribution in [0.1, 0.15) is 47.6 Å². The van der Waals surface area contributed by atoms with Crippen molar-refractivity contribution in [2.75, 3.05) is 0 Å². The van der Waals surface area contributed by atoms with Gasteiger partial charge in [-0.25, -0.2) is 4.57 Å². The molecular weight excluding hydrogens is 302 g/mol. The normalized spacial score (nSPS) is 12.4. The fraction of sp³-hybridized carbons (Fsp3) is 0.292. The zero-order chi connectivity index (χ0) is 17.7. The standard InChI is InChI=1S/C24H26N/c1-15(2)22-13-24(25(5)14-16(22)3)19-10-11-21-20-9-7-6-8-18(20)12-23(21)17(19)4/h6-11,13-15H,12H2,1-5H3/q+1. The minimum Gasteiger partial charge on any atom is -0.201 e. The van der Waals surface area contributed by atoms with Crippen LogP contribution in [0.4, 0.5) is 0 Å². The van der Waals surface area contributed by atoms with E-state index in [9.17, 15) is 0 Å². The lowest BCUT2D eigenvalue weighted by Crippen LogP contribution is -2.32. The smallest absolute Gasteiger partial charge is 0.201 e. The van der Waals surface area contributed by atoms with E-state index in [1.54, 1.807) is 0 Å². The van der Waals surface area contributed by atoms with Crippen molar-refractivity contribution >= 4 is 0 Å². The zero-order valence-corrected chi connectivity index (χ0v) is 15.9. The van der Waals surface area contributed by atoms with E-state index in [1.807, 2.05) is 0 Å². The van der Waals surface area contributed by atoms with Crippen molar-refractivity contribution < 1.29 is 4.57 Å². The van der Waals surface area contributed by atoms with Crippen molar-refractivity contribution in [2.45, 2.75) is 40.0 Å². The Hall–Kier alpha value is -2.41. The van der Waals surface area contributed by atoms with Gasteiger partial charge in [0.2, 0.25) is 5.69 Å². The van der Waals surface area contributed by atoms with Gasteiger partial charge in [0.15, 0.2) is 6.20 Å². The van der Waals surface area contributed by atoms with E-state index < -0.39 is 0 Å². The molecule has 1 aliphatic carbocycles. The second kappa shape index (κ2) is 5.84. The number of benzene rings is 2. The van der Waals surface area contributed by atoms with Gasteiger partial charge in [-0.05, 0) is 65.6 Å². The summed E-state index contributed by atoms with van der Waals surface area (Å²) in [7, 11) is 2.16. The summed E-state index contributed by atoms with van der Waals surface area (Å²) in [6.07, 6.45) is 3.32. The third kappa shape index (κ3) is 2.50. The highest BCUT2D eigenvalue weighted by Gasteiger charge is 2.24. The number of hydrogen-bond donors (Lipinski definition) is 0. The number of fused-ring (bicyclic) bond motifs is 3. The van der Waals surface area contributed by atoms with E-state index >= 15 is 0 Å². The summed E-state index contributed by atoms with van der Waals surface area (Å²) >= 11 is 0. The second-order valence-electron chi connectivity index (χ2n) is 7.66. The van der Waals surface area contributed by atoms with E-state index in [1.165, 1.54) is 50.2 Å². The third-order valence-corrected chi connectivity index (χ3v) is 5.69. The van der Waals surface area contributed by atoms with E-state index in [4.69, 9.17) is 0 Å². The van der Waals surface area contributed by atoms with Crippen LogP contribution in [0.3, 0.4) is 0 Å². The quantitative estimate of drug-likeness (QED) is 0.428. The molecule has 3 aromatic rings. The fourth-order valence-electron chi connectivity index (χ4n) is 4.33. The average Bonchev–Trinajstić information content (AvgIpc) is 2.95. The molecule has 0 radical (unpaired) electrons. The highest BCUT2D eigenvalue weighted by atomic mass is 14.9. The second-order valence-corrected chi connectivity index (χ2v) is 7.66. The number of pyridine rings is 1. The number of aryl methyl sites for hydroxylation is 2. The van der Waals surface area contributed by atoms with Crippen LogP contribution in [-0.2, 0) is 13.5 Å². The molecule has 0 bridgehead atoms. The summed E-state index contributed by atoms with van der Waals surface area (Å²) in [5.41, 5.74) is 12.7. The fourth-order valence-corrected chi connectivity index (χ4v) is 4.33. The van der Waals surface area contributed by atoms with Gasteiger partial charge >= 0.3 is 0 Å². The summed E-state index contributed by atoms with van der Waals surface area (Å²) in [5.74, 6) is 0.541. The van der Waals surface area contributed by atoms with Gasteiger partial charge in [-0.15, -0.1) is 0 Å². The lowest BCUT2D eigenvalue weighted by atomic mass is 9.92. The molecule has 0 atom stereocenters. The van der Waals surface area contributed by atoms with Crippen LogP contribution in [0.15, 0.2) is 48.7 Å². The molecule has 1 nitrogen and oxygen atoms in total. The lowest BCUT2D eigenvalue weighted by Gasteiger charge is -2.14. The molecule has 0 amide bonds. The van der Waals surface area contributed by atoms with Crippen LogP contribution >= 0.6 is 0 Å². The SMILES string of the molecule is Cc1c[n+](C)c(-c2ccc3c(c2C)Cc2ccccc2-3)cc1C(C)C. The molecule has 1 heterocycles. The van der Waals surface area contributed by atoms with Gasteiger partial charge in [0.25, 0.3) is 0 Å². The van der Waals surface area contributed by atoms with Crippen LogP contribution in [0.2, 0.25) is 0 Å². The topological polar surface area (TPSA) is 3.88 Å². The van der Waals surface area contributed by atoms with Crippen LogP contribution in [0, 0.1) is 13.8 Å². The summed E-state index contributed by atoms with van der Waals surface area (Å²) in [5, 5.41) is 0. The molecule has 25 heavy (non-hydrogen) atoms. The van der Waals surface area contributed by atoms with E-state index in [0.29, 0.717) is 5.92 Å². The minimum absolute atomic E-state index is 0.541. The Balaban J connectivity index is 1.90. The summed E-state index contributed by atoms with van der Waals surface area (Å²) in [6, 6.07) is 15.8. The van der Waals surface area contributed by atoms with E-state index in [0.717, 1.165) is 6.42 Å². The Bertz CT molecular complexity index is 980. The van der Waals surface area contributed by atoms with Crippen molar-refractivity contribution in [3.05, 3.63) is 76.5 Å². The Morgan fingerprint density at radius 3 is 2.40 bits per heavy atom. The van der Waals surface area contributed by atoms with Crippen LogP contribution in [0.5, 0.6) is 0 Å². The van der Waals surface area contributed by atoms with Crippen molar-refractivity contribution in [3.8, 4) is 22.4 Å². The van der Waals surface area contributed by atoms with Crippen molar-refractivity contribution in [1.82, 2.24) is 0 Å². The highest BCUT2D eigenvalue weighted by molar-refractivity contribution is 5.81. The molecule has 1 heteroatoms. The van der Waals surface area contributed by atoms with Crippen LogP contribution in [0.25, 0.3) is 22.4 Å². The van der Waals surface area contributed by atoms with Gasteiger partial charge in [-0.2, -0.15) is 0 Å². The predicted molar refractivity (Wildman–Crippen MR) is 105 cm³/mol. The number of rotatable bonds is 2. The molecule has 0 unspecified atom stereocenters. The molecule has 126 valence electrons. The van der Waals surface area contributed by atoms with Crippen LogP contribution < -0.4 is 4.57 Å². The Morgan fingerprint density at radius 1 is 0.920 bits per heavy atom. The van der Waals surface area contributed by atoms with Gasteiger partial charge in [0, 0.05) is 17.2 Å². The largest absolute Gasteiger partial charge is 0.212 e. The molecule has 4 rings (SSSR count). The molecule has 1 aliphatic rings. The molecule has 0 fully saturated rings. The molecule has 0 N–H and O–H groups in total. The van der Waals surface area contributed by atoms with Crippen molar-refractivity contribution in [3.63, 3.8) is 0 Å². The van der Waals surface area contributed by atoms with Gasteiger partial charge in [0.05, 0.1) is 0 Å². The first kappa shape index (κ1) is 16.1. The predicted octanol–water partition coefficient (Wildman–Crippen LogP) is 5.49. The van der Waals surface area contributed by atoms with Crippen molar-refractivity contribution in [2.24, 2.45) is 7.05 Å². The van der Waals surface area contributed by atoms with Gasteiger partial charge in [-0.1, -0.05) is 44.2 Å². The number of aromatic nitrogens is 1. The van der Waals surface area contributed by atoms with Crippen molar-refractivity contribution in [1.29, 1.82) is 0 Å². The molecule has 0 saturated carbocycles. The first-order valence-electron chi connectivity index (χ1n) is 9.18. The average molecular weight is 328 g/mol. The third-order valence-electron chi connectivity index (χ3n) is 5.69. The first-order valence-corrected chi connectivity index (χ1v) is 9.18. The summed E-state index contributed by atoms with van der Waals surface area (Å²) in [4.78, 5) is 0. The molecule has 0 saturated heterocycles. The van der Waals surface area contributed by atoms with Crippen LogP contribution in [-0.4, -0.2) is 0 Å².